The van der Waals surface area contributed by atoms with Gasteiger partial charge in [0.25, 0.3) is 0 Å². The van der Waals surface area contributed by atoms with Gasteiger partial charge in [-0.3, -0.25) is 0 Å². The van der Waals surface area contributed by atoms with Crippen LogP contribution in [0.2, 0.25) is 0 Å². The number of halogens is 2. The van der Waals surface area contributed by atoms with Crippen LogP contribution in [0.1, 0.15) is 42.5 Å². The highest BCUT2D eigenvalue weighted by atomic mass is 19.1. The molecule has 0 fully saturated rings. The molecule has 0 spiro atoms. The van der Waals surface area contributed by atoms with Crippen molar-refractivity contribution in [1.29, 1.82) is 0 Å². The van der Waals surface area contributed by atoms with E-state index in [0.29, 0.717) is 11.5 Å². The van der Waals surface area contributed by atoms with E-state index in [-0.39, 0.29) is 18.0 Å². The molecule has 2 rings (SSSR count). The molecule has 2 N–H and O–H groups in total. The third-order valence-electron chi connectivity index (χ3n) is 3.82. The summed E-state index contributed by atoms with van der Waals surface area (Å²) in [6, 6.07) is 2.55. The number of carbonyl (C=O) groups is 1. The number of hydrogen-bond donors (Lipinski definition) is 2. The summed E-state index contributed by atoms with van der Waals surface area (Å²) in [5.74, 6) is -0.594. The van der Waals surface area contributed by atoms with Crippen molar-refractivity contribution in [1.82, 2.24) is 15.8 Å². The molecule has 0 aliphatic heterocycles. The number of aromatic nitrogens is 1. The van der Waals surface area contributed by atoms with Gasteiger partial charge in [0.15, 0.2) is 0 Å². The van der Waals surface area contributed by atoms with Gasteiger partial charge in [-0.2, -0.15) is 0 Å². The summed E-state index contributed by atoms with van der Waals surface area (Å²) in [6.07, 6.45) is 0.0611. The average molecular weight is 337 g/mol. The molecular formula is C17H21F2N3O2. The van der Waals surface area contributed by atoms with Gasteiger partial charge in [-0.25, -0.2) is 13.6 Å². The lowest BCUT2D eigenvalue weighted by Crippen LogP contribution is -2.42. The first-order valence-electron chi connectivity index (χ1n) is 7.72. The first kappa shape index (κ1) is 17.9. The molecule has 2 atom stereocenters. The molecule has 2 amide bonds. The minimum atomic E-state index is -0.617. The number of urea groups is 1. The number of nitrogens with zero attached hydrogens (tertiary/aromatic N) is 1. The fourth-order valence-electron chi connectivity index (χ4n) is 2.73. The Morgan fingerprint density at radius 3 is 2.38 bits per heavy atom. The van der Waals surface area contributed by atoms with Gasteiger partial charge < -0.3 is 15.2 Å². The summed E-state index contributed by atoms with van der Waals surface area (Å²) in [6.45, 7) is 7.07. The van der Waals surface area contributed by atoms with Crippen molar-refractivity contribution in [2.24, 2.45) is 0 Å². The van der Waals surface area contributed by atoms with E-state index in [2.05, 4.69) is 15.8 Å². The summed E-state index contributed by atoms with van der Waals surface area (Å²) in [7, 11) is 0. The minimum Gasteiger partial charge on any atom is -0.361 e. The van der Waals surface area contributed by atoms with E-state index in [4.69, 9.17) is 4.52 Å². The van der Waals surface area contributed by atoms with Gasteiger partial charge >= 0.3 is 6.03 Å². The number of carbonyl (C=O) groups excluding carboxylic acids is 1. The first-order chi connectivity index (χ1) is 11.3. The van der Waals surface area contributed by atoms with Crippen molar-refractivity contribution in [2.75, 3.05) is 0 Å². The predicted molar refractivity (Wildman–Crippen MR) is 85.6 cm³/mol. The molecule has 0 unspecified atom stereocenters. The quantitative estimate of drug-likeness (QED) is 0.876. The molecule has 1 aromatic heterocycles. The molecule has 0 aliphatic rings. The van der Waals surface area contributed by atoms with E-state index >= 15 is 0 Å². The van der Waals surface area contributed by atoms with Gasteiger partial charge in [-0.05, 0) is 46.2 Å². The van der Waals surface area contributed by atoms with Crippen LogP contribution in [0.25, 0.3) is 0 Å². The van der Waals surface area contributed by atoms with E-state index in [0.717, 1.165) is 5.56 Å². The maximum absolute atomic E-state index is 13.6. The van der Waals surface area contributed by atoms with Crippen LogP contribution < -0.4 is 10.6 Å². The van der Waals surface area contributed by atoms with Crippen molar-refractivity contribution in [2.45, 2.75) is 46.2 Å². The van der Waals surface area contributed by atoms with Crippen LogP contribution in [-0.4, -0.2) is 17.2 Å². The molecule has 0 bridgehead atoms. The van der Waals surface area contributed by atoms with Gasteiger partial charge in [0.1, 0.15) is 17.4 Å². The summed E-state index contributed by atoms with van der Waals surface area (Å²) in [4.78, 5) is 12.1. The molecule has 5 nitrogen and oxygen atoms in total. The third-order valence-corrected chi connectivity index (χ3v) is 3.82. The molecule has 130 valence electrons. The highest BCUT2D eigenvalue weighted by Gasteiger charge is 2.19. The van der Waals surface area contributed by atoms with E-state index in [9.17, 15) is 13.6 Å². The van der Waals surface area contributed by atoms with Crippen LogP contribution >= 0.6 is 0 Å². The van der Waals surface area contributed by atoms with Gasteiger partial charge in [0.05, 0.1) is 11.7 Å². The number of nitrogens with one attached hydrogen (secondary N) is 2. The molecule has 1 aromatic carbocycles. The molecule has 1 heterocycles. The summed E-state index contributed by atoms with van der Waals surface area (Å²) >= 11 is 0. The Hall–Kier alpha value is -2.44. The molecule has 0 radical (unpaired) electrons. The van der Waals surface area contributed by atoms with E-state index in [1.165, 1.54) is 18.2 Å². The predicted octanol–water partition coefficient (Wildman–Crippen LogP) is 3.56. The Labute approximate surface area is 139 Å². The van der Waals surface area contributed by atoms with Crippen LogP contribution in [0.4, 0.5) is 13.6 Å². The lowest BCUT2D eigenvalue weighted by Gasteiger charge is -2.18. The molecule has 0 saturated heterocycles. The summed E-state index contributed by atoms with van der Waals surface area (Å²) < 4.78 is 32.4. The topological polar surface area (TPSA) is 67.2 Å². The van der Waals surface area contributed by atoms with Gasteiger partial charge in [-0.1, -0.05) is 11.2 Å². The zero-order chi connectivity index (χ0) is 17.9. The third kappa shape index (κ3) is 4.10. The second-order valence-electron chi connectivity index (χ2n) is 5.88. The van der Waals surface area contributed by atoms with Crippen molar-refractivity contribution < 1.29 is 18.1 Å². The van der Waals surface area contributed by atoms with Crippen LogP contribution in [0.5, 0.6) is 0 Å². The average Bonchev–Trinajstić information content (AvgIpc) is 2.82. The lowest BCUT2D eigenvalue weighted by molar-refractivity contribution is 0.234. The van der Waals surface area contributed by atoms with E-state index in [1.807, 2.05) is 6.92 Å². The zero-order valence-electron chi connectivity index (χ0n) is 14.1. The number of hydrogen-bond acceptors (Lipinski definition) is 3. The van der Waals surface area contributed by atoms with Crippen LogP contribution in [0.15, 0.2) is 22.7 Å². The highest BCUT2D eigenvalue weighted by Crippen LogP contribution is 2.20. The Morgan fingerprint density at radius 2 is 1.83 bits per heavy atom. The Kier molecular flexibility index (Phi) is 5.54. The first-order valence-corrected chi connectivity index (χ1v) is 7.72. The van der Waals surface area contributed by atoms with Crippen molar-refractivity contribution in [3.63, 3.8) is 0 Å². The normalized spacial score (nSPS) is 13.4. The highest BCUT2D eigenvalue weighted by molar-refractivity contribution is 5.74. The maximum atomic E-state index is 13.6. The second kappa shape index (κ2) is 7.42. The monoisotopic (exact) mass is 337 g/mol. The van der Waals surface area contributed by atoms with Gasteiger partial charge in [0.2, 0.25) is 0 Å². The SMILES string of the molecule is Cc1noc(C)c1[C@H](C)NC(=O)N[C@@H](C)Cc1c(F)cccc1F. The number of amides is 2. The molecule has 0 aliphatic carbocycles. The summed E-state index contributed by atoms with van der Waals surface area (Å²) in [5.41, 5.74) is 1.49. The van der Waals surface area contributed by atoms with Crippen LogP contribution in [-0.2, 0) is 6.42 Å². The standard InChI is InChI=1S/C17H21F2N3O2/c1-9(8-13-14(18)6-5-7-15(13)19)20-17(23)21-10(2)16-11(3)22-24-12(16)4/h5-7,9-10H,8H2,1-4H3,(H2,20,21,23)/t9-,10-/m0/s1. The minimum absolute atomic E-state index is 0.0379. The number of rotatable bonds is 5. The number of aryl methyl sites for hydroxylation is 2. The smallest absolute Gasteiger partial charge is 0.315 e. The summed E-state index contributed by atoms with van der Waals surface area (Å²) in [5, 5.41) is 9.30. The fraction of sp³-hybridized carbons (Fsp3) is 0.412. The zero-order valence-corrected chi connectivity index (χ0v) is 14.1. The number of benzene rings is 1. The molecule has 0 saturated carbocycles. The molecular weight excluding hydrogens is 316 g/mol. The van der Waals surface area contributed by atoms with Crippen molar-refractivity contribution in [3.05, 3.63) is 52.4 Å². The largest absolute Gasteiger partial charge is 0.361 e. The molecule has 24 heavy (non-hydrogen) atoms. The van der Waals surface area contributed by atoms with Crippen molar-refractivity contribution >= 4 is 6.03 Å². The fourth-order valence-corrected chi connectivity index (χ4v) is 2.73. The van der Waals surface area contributed by atoms with Gasteiger partial charge in [-0.15, -0.1) is 0 Å². The van der Waals surface area contributed by atoms with Crippen LogP contribution in [0, 0.1) is 25.5 Å². The molecule has 7 heteroatoms. The van der Waals surface area contributed by atoms with Crippen LogP contribution in [0.3, 0.4) is 0 Å². The molecule has 2 aromatic rings. The van der Waals surface area contributed by atoms with E-state index < -0.39 is 23.7 Å². The Morgan fingerprint density at radius 1 is 1.21 bits per heavy atom. The van der Waals surface area contributed by atoms with Gasteiger partial charge in [0, 0.05) is 17.2 Å². The lowest BCUT2D eigenvalue weighted by atomic mass is 10.1. The van der Waals surface area contributed by atoms with E-state index in [1.54, 1.807) is 20.8 Å². The Balaban J connectivity index is 1.95. The Bertz CT molecular complexity index is 691. The van der Waals surface area contributed by atoms with Crippen molar-refractivity contribution in [3.8, 4) is 0 Å². The maximum Gasteiger partial charge on any atom is 0.315 e. The second-order valence-corrected chi connectivity index (χ2v) is 5.88.